The van der Waals surface area contributed by atoms with Crippen molar-refractivity contribution in [3.05, 3.63) is 70.8 Å². The van der Waals surface area contributed by atoms with E-state index in [4.69, 9.17) is 16.2 Å². The van der Waals surface area contributed by atoms with Gasteiger partial charge in [0, 0.05) is 24.3 Å². The maximum absolute atomic E-state index is 12.4. The number of hydrogen-bond acceptors (Lipinski definition) is 5. The van der Waals surface area contributed by atoms with Gasteiger partial charge >= 0.3 is 0 Å². The quantitative estimate of drug-likeness (QED) is 0.551. The fourth-order valence-electron chi connectivity index (χ4n) is 3.97. The van der Waals surface area contributed by atoms with Gasteiger partial charge in [0.2, 0.25) is 0 Å². The third-order valence-corrected chi connectivity index (χ3v) is 5.75. The van der Waals surface area contributed by atoms with E-state index in [0.29, 0.717) is 24.4 Å². The number of carbonyl (C=O) groups excluding carboxylic acids is 2. The highest BCUT2D eigenvalue weighted by atomic mass is 16.5. The summed E-state index contributed by atoms with van der Waals surface area (Å²) in [5, 5.41) is 7.55. The van der Waals surface area contributed by atoms with E-state index < -0.39 is 5.91 Å². The molecule has 0 saturated carbocycles. The number of nitrogens with zero attached hydrogens (tertiary/aromatic N) is 2. The summed E-state index contributed by atoms with van der Waals surface area (Å²) in [6.07, 6.45) is 1.79. The number of nitrogen functional groups attached to an aromatic ring is 1. The largest absolute Gasteiger partial charge is 0.383 e. The molecule has 1 unspecified atom stereocenters. The number of aromatic nitrogens is 2. The molecule has 8 nitrogen and oxygen atoms in total. The first kappa shape index (κ1) is 21.6. The van der Waals surface area contributed by atoms with Crippen molar-refractivity contribution in [1.82, 2.24) is 15.1 Å². The molecule has 1 aromatic heterocycles. The summed E-state index contributed by atoms with van der Waals surface area (Å²) >= 11 is 0. The summed E-state index contributed by atoms with van der Waals surface area (Å²) in [6, 6.07) is 14.9. The minimum absolute atomic E-state index is 0.0217. The normalized spacial score (nSPS) is 16.0. The number of amides is 2. The number of hydrogen-bond donors (Lipinski definition) is 3. The van der Waals surface area contributed by atoms with Crippen LogP contribution in [0.5, 0.6) is 0 Å². The first-order valence-corrected chi connectivity index (χ1v) is 10.6. The molecule has 4 rings (SSSR count). The maximum atomic E-state index is 12.4. The number of nitrogens with two attached hydrogens (primary N) is 2. The zero-order valence-corrected chi connectivity index (χ0v) is 18.0. The number of benzene rings is 2. The van der Waals surface area contributed by atoms with Gasteiger partial charge in [0.05, 0.1) is 12.6 Å². The summed E-state index contributed by atoms with van der Waals surface area (Å²) in [4.78, 5) is 24.6. The predicted octanol–water partition coefficient (Wildman–Crippen LogP) is 2.82. The summed E-state index contributed by atoms with van der Waals surface area (Å²) in [5.74, 6) is -0.475. The topological polar surface area (TPSA) is 125 Å². The van der Waals surface area contributed by atoms with Crippen LogP contribution < -0.4 is 16.8 Å². The summed E-state index contributed by atoms with van der Waals surface area (Å²) in [7, 11) is 0. The van der Waals surface area contributed by atoms with Gasteiger partial charge in [0.1, 0.15) is 17.1 Å². The average molecular weight is 434 g/mol. The number of rotatable bonds is 6. The molecule has 8 heteroatoms. The first-order chi connectivity index (χ1) is 15.5. The van der Waals surface area contributed by atoms with Gasteiger partial charge in [-0.3, -0.25) is 9.59 Å². The smallest absolute Gasteiger partial charge is 0.254 e. The van der Waals surface area contributed by atoms with E-state index in [1.807, 2.05) is 49.4 Å². The van der Waals surface area contributed by atoms with Crippen molar-refractivity contribution in [3.63, 3.8) is 0 Å². The zero-order chi connectivity index (χ0) is 22.7. The van der Waals surface area contributed by atoms with Gasteiger partial charge in [-0.25, -0.2) is 4.68 Å². The van der Waals surface area contributed by atoms with Crippen LogP contribution in [0.4, 0.5) is 5.82 Å². The molecule has 1 aliphatic heterocycles. The first-order valence-electron chi connectivity index (χ1n) is 10.6. The number of nitrogens with one attached hydrogen (secondary N) is 1. The lowest BCUT2D eigenvalue weighted by molar-refractivity contribution is 0.0558. The van der Waals surface area contributed by atoms with Crippen LogP contribution in [0.2, 0.25) is 0 Å². The SMILES string of the molecule is Cc1ccccc1C(=O)NCc1ccc(-c2nn(C3CCCOC3)c(N)c2C(N)=O)cc1. The van der Waals surface area contributed by atoms with Gasteiger partial charge in [0.25, 0.3) is 11.8 Å². The molecule has 0 bridgehead atoms. The summed E-state index contributed by atoms with van der Waals surface area (Å²) in [6.45, 7) is 3.51. The van der Waals surface area contributed by atoms with Crippen LogP contribution in [0.1, 0.15) is 50.7 Å². The third-order valence-electron chi connectivity index (χ3n) is 5.75. The molecule has 3 aromatic rings. The Hall–Kier alpha value is -3.65. The minimum Gasteiger partial charge on any atom is -0.383 e. The van der Waals surface area contributed by atoms with E-state index in [0.717, 1.165) is 36.1 Å². The van der Waals surface area contributed by atoms with Crippen LogP contribution >= 0.6 is 0 Å². The highest BCUT2D eigenvalue weighted by molar-refractivity contribution is 6.03. The van der Waals surface area contributed by atoms with Crippen molar-refractivity contribution in [1.29, 1.82) is 0 Å². The van der Waals surface area contributed by atoms with Crippen LogP contribution in [0.3, 0.4) is 0 Å². The van der Waals surface area contributed by atoms with E-state index in [1.165, 1.54) is 0 Å². The Kier molecular flexibility index (Phi) is 6.23. The molecule has 32 heavy (non-hydrogen) atoms. The molecule has 0 aliphatic carbocycles. The van der Waals surface area contributed by atoms with Crippen molar-refractivity contribution in [2.75, 3.05) is 18.9 Å². The molecule has 0 spiro atoms. The van der Waals surface area contributed by atoms with Gasteiger partial charge in [-0.2, -0.15) is 5.10 Å². The standard InChI is InChI=1S/C24H27N5O3/c1-15-5-2-3-7-19(15)24(31)27-13-16-8-10-17(11-9-16)21-20(23(26)30)22(25)29(28-21)18-6-4-12-32-14-18/h2-3,5,7-11,18H,4,6,12-14,25H2,1H3,(H2,26,30)(H,27,31). The lowest BCUT2D eigenvalue weighted by atomic mass is 10.0. The van der Waals surface area contributed by atoms with Crippen LogP contribution in [0.25, 0.3) is 11.3 Å². The fourth-order valence-corrected chi connectivity index (χ4v) is 3.97. The van der Waals surface area contributed by atoms with E-state index in [2.05, 4.69) is 10.4 Å². The second kappa shape index (κ2) is 9.23. The van der Waals surface area contributed by atoms with Crippen molar-refractivity contribution in [2.24, 2.45) is 5.73 Å². The van der Waals surface area contributed by atoms with Crippen LogP contribution in [-0.2, 0) is 11.3 Å². The van der Waals surface area contributed by atoms with Gasteiger partial charge in [-0.05, 0) is 37.0 Å². The fraction of sp³-hybridized carbons (Fsp3) is 0.292. The maximum Gasteiger partial charge on any atom is 0.254 e. The molecule has 1 aliphatic rings. The molecule has 166 valence electrons. The summed E-state index contributed by atoms with van der Waals surface area (Å²) in [5.41, 5.74) is 15.8. The van der Waals surface area contributed by atoms with Crippen molar-refractivity contribution in [2.45, 2.75) is 32.4 Å². The molecule has 2 heterocycles. The number of anilines is 1. The lowest BCUT2D eigenvalue weighted by Gasteiger charge is -2.23. The van der Waals surface area contributed by atoms with E-state index in [1.54, 1.807) is 10.7 Å². The van der Waals surface area contributed by atoms with Gasteiger partial charge in [0.15, 0.2) is 0 Å². The second-order valence-corrected chi connectivity index (χ2v) is 7.98. The molecule has 1 atom stereocenters. The molecular formula is C24H27N5O3. The Balaban J connectivity index is 1.53. The van der Waals surface area contributed by atoms with Crippen LogP contribution in [0.15, 0.2) is 48.5 Å². The molecule has 1 saturated heterocycles. The Bertz CT molecular complexity index is 1130. The Morgan fingerprint density at radius 1 is 1.19 bits per heavy atom. The second-order valence-electron chi connectivity index (χ2n) is 7.98. The number of ether oxygens (including phenoxy) is 1. The van der Waals surface area contributed by atoms with Crippen LogP contribution in [-0.4, -0.2) is 34.8 Å². The van der Waals surface area contributed by atoms with Crippen LogP contribution in [0, 0.1) is 6.92 Å². The molecule has 1 fully saturated rings. The molecule has 2 amide bonds. The Labute approximate surface area is 186 Å². The lowest BCUT2D eigenvalue weighted by Crippen LogP contribution is -2.24. The monoisotopic (exact) mass is 433 g/mol. The van der Waals surface area contributed by atoms with Crippen molar-refractivity contribution < 1.29 is 14.3 Å². The molecular weight excluding hydrogens is 406 g/mol. The number of primary amides is 1. The Morgan fingerprint density at radius 3 is 2.59 bits per heavy atom. The number of carbonyl (C=O) groups is 2. The predicted molar refractivity (Wildman–Crippen MR) is 122 cm³/mol. The summed E-state index contributed by atoms with van der Waals surface area (Å²) < 4.78 is 7.20. The van der Waals surface area contributed by atoms with Gasteiger partial charge in [-0.15, -0.1) is 0 Å². The Morgan fingerprint density at radius 2 is 1.94 bits per heavy atom. The average Bonchev–Trinajstić information content (AvgIpc) is 3.16. The van der Waals surface area contributed by atoms with Gasteiger partial charge in [-0.1, -0.05) is 42.5 Å². The molecule has 5 N–H and O–H groups in total. The number of aryl methyl sites for hydroxylation is 1. The highest BCUT2D eigenvalue weighted by Crippen LogP contribution is 2.31. The van der Waals surface area contributed by atoms with E-state index in [-0.39, 0.29) is 23.3 Å². The van der Waals surface area contributed by atoms with Crippen molar-refractivity contribution >= 4 is 17.6 Å². The highest BCUT2D eigenvalue weighted by Gasteiger charge is 2.26. The van der Waals surface area contributed by atoms with Gasteiger partial charge < -0.3 is 21.5 Å². The van der Waals surface area contributed by atoms with E-state index in [9.17, 15) is 9.59 Å². The molecule has 2 aromatic carbocycles. The minimum atomic E-state index is -0.616. The van der Waals surface area contributed by atoms with Crippen molar-refractivity contribution in [3.8, 4) is 11.3 Å². The molecule has 0 radical (unpaired) electrons. The zero-order valence-electron chi connectivity index (χ0n) is 18.0. The van der Waals surface area contributed by atoms with E-state index >= 15 is 0 Å². The third kappa shape index (κ3) is 4.36.